The van der Waals surface area contributed by atoms with Crippen LogP contribution in [0.25, 0.3) is 10.9 Å². The zero-order chi connectivity index (χ0) is 23.2. The van der Waals surface area contributed by atoms with Crippen LogP contribution in [0.5, 0.6) is 0 Å². The maximum atomic E-state index is 12.9. The van der Waals surface area contributed by atoms with Crippen molar-refractivity contribution < 1.29 is 13.2 Å². The Morgan fingerprint density at radius 1 is 1.15 bits per heavy atom. The van der Waals surface area contributed by atoms with E-state index < -0.39 is 11.7 Å². The number of pyridine rings is 1. The Hall–Kier alpha value is -3.32. The molecule has 33 heavy (non-hydrogen) atoms. The monoisotopic (exact) mass is 456 g/mol. The molecule has 0 spiro atoms. The normalized spacial score (nSPS) is 23.8. The van der Waals surface area contributed by atoms with Crippen molar-refractivity contribution >= 4 is 22.4 Å². The van der Waals surface area contributed by atoms with E-state index in [1.54, 1.807) is 10.7 Å². The van der Waals surface area contributed by atoms with Gasteiger partial charge in [-0.25, -0.2) is 0 Å². The number of nitrogens with zero attached hydrogens (tertiary/aromatic N) is 4. The number of aromatic amines is 1. The highest BCUT2D eigenvalue weighted by atomic mass is 19.4. The van der Waals surface area contributed by atoms with Gasteiger partial charge in [-0.05, 0) is 69.1 Å². The summed E-state index contributed by atoms with van der Waals surface area (Å²) in [5, 5.41) is 17.8. The smallest absolute Gasteiger partial charge is 0.338 e. The fourth-order valence-corrected chi connectivity index (χ4v) is 4.92. The minimum absolute atomic E-state index is 0.181. The van der Waals surface area contributed by atoms with Gasteiger partial charge in [0.1, 0.15) is 5.39 Å². The molecule has 7 nitrogen and oxygen atoms in total. The molecule has 1 aliphatic carbocycles. The molecule has 3 heterocycles. The van der Waals surface area contributed by atoms with Gasteiger partial charge in [-0.3, -0.25) is 9.48 Å². The SMILES string of the molecule is N#C[C@@H]1C[C@H](N2CCC2)CC[C@H]1n1nc(Nc2ccc(C(F)(F)F)cc2)c2c(=O)[nH]ccc21. The van der Waals surface area contributed by atoms with Crippen LogP contribution in [-0.4, -0.2) is 38.8 Å². The van der Waals surface area contributed by atoms with Gasteiger partial charge in [0.25, 0.3) is 5.56 Å². The van der Waals surface area contributed by atoms with Gasteiger partial charge in [0, 0.05) is 17.9 Å². The summed E-state index contributed by atoms with van der Waals surface area (Å²) in [5.41, 5.74) is -0.120. The van der Waals surface area contributed by atoms with E-state index in [9.17, 15) is 23.2 Å². The largest absolute Gasteiger partial charge is 0.416 e. The van der Waals surface area contributed by atoms with Crippen LogP contribution in [0, 0.1) is 17.2 Å². The number of rotatable bonds is 4. The van der Waals surface area contributed by atoms with Gasteiger partial charge < -0.3 is 15.2 Å². The van der Waals surface area contributed by atoms with E-state index in [0.717, 1.165) is 44.5 Å². The molecule has 172 valence electrons. The van der Waals surface area contributed by atoms with Gasteiger partial charge in [-0.2, -0.15) is 23.5 Å². The fraction of sp³-hybridized carbons (Fsp3) is 0.435. The van der Waals surface area contributed by atoms with E-state index in [0.29, 0.717) is 22.6 Å². The zero-order valence-electron chi connectivity index (χ0n) is 17.8. The predicted molar refractivity (Wildman–Crippen MR) is 117 cm³/mol. The van der Waals surface area contributed by atoms with Gasteiger partial charge >= 0.3 is 6.18 Å². The molecule has 5 rings (SSSR count). The van der Waals surface area contributed by atoms with Crippen molar-refractivity contribution in [3.05, 3.63) is 52.4 Å². The average molecular weight is 456 g/mol. The second-order valence-corrected chi connectivity index (χ2v) is 8.72. The Labute approximate surface area is 187 Å². The van der Waals surface area contributed by atoms with Gasteiger partial charge in [-0.1, -0.05) is 0 Å². The standard InChI is InChI=1S/C23H23F3N6O/c24-23(25,26)15-2-4-16(5-3-15)29-21-20-19(8-9-28-22(20)33)32(30-21)18-7-6-17(12-14(18)13-27)31-10-1-11-31/h2-5,8-9,14,17-18H,1,6-7,10-12H2,(H,28,33)(H,29,30)/t14-,17+,18+/m0/s1. The summed E-state index contributed by atoms with van der Waals surface area (Å²) in [6.07, 6.45) is 0.789. The summed E-state index contributed by atoms with van der Waals surface area (Å²) in [7, 11) is 0. The van der Waals surface area contributed by atoms with Crippen molar-refractivity contribution in [3.8, 4) is 6.07 Å². The molecule has 2 aromatic heterocycles. The topological polar surface area (TPSA) is 89.7 Å². The molecule has 0 bridgehead atoms. The third-order valence-corrected chi connectivity index (χ3v) is 6.78. The number of halogens is 3. The van der Waals surface area contributed by atoms with Crippen LogP contribution >= 0.6 is 0 Å². The van der Waals surface area contributed by atoms with Gasteiger partial charge in [0.05, 0.1) is 29.1 Å². The summed E-state index contributed by atoms with van der Waals surface area (Å²) in [4.78, 5) is 17.7. The third kappa shape index (κ3) is 3.97. The second-order valence-electron chi connectivity index (χ2n) is 8.72. The number of nitrogens with one attached hydrogen (secondary N) is 2. The van der Waals surface area contributed by atoms with Gasteiger partial charge in [0.15, 0.2) is 5.82 Å². The molecule has 2 fully saturated rings. The lowest BCUT2D eigenvalue weighted by Gasteiger charge is -2.43. The van der Waals surface area contributed by atoms with Crippen molar-refractivity contribution in [2.75, 3.05) is 18.4 Å². The molecule has 0 unspecified atom stereocenters. The van der Waals surface area contributed by atoms with E-state index >= 15 is 0 Å². The number of aromatic nitrogens is 3. The molecule has 0 amide bonds. The first-order valence-electron chi connectivity index (χ1n) is 11.0. The molecule has 2 aliphatic rings. The Morgan fingerprint density at radius 3 is 2.55 bits per heavy atom. The molecule has 0 radical (unpaired) electrons. The highest BCUT2D eigenvalue weighted by molar-refractivity contribution is 5.91. The molecular formula is C23H23F3N6O. The van der Waals surface area contributed by atoms with Crippen LogP contribution in [0.4, 0.5) is 24.7 Å². The number of likely N-dealkylation sites (tertiary alicyclic amines) is 1. The molecule has 1 saturated heterocycles. The summed E-state index contributed by atoms with van der Waals surface area (Å²) in [6.45, 7) is 2.16. The van der Waals surface area contributed by atoms with Crippen molar-refractivity contribution in [3.63, 3.8) is 0 Å². The number of nitriles is 1. The molecule has 2 N–H and O–H groups in total. The molecule has 10 heteroatoms. The number of benzene rings is 1. The Balaban J connectivity index is 1.48. The molecule has 3 aromatic rings. The van der Waals surface area contributed by atoms with Crippen LogP contribution in [0.2, 0.25) is 0 Å². The van der Waals surface area contributed by atoms with Crippen LogP contribution in [-0.2, 0) is 6.18 Å². The predicted octanol–water partition coefficient (Wildman–Crippen LogP) is 4.43. The molecule has 3 atom stereocenters. The fourth-order valence-electron chi connectivity index (χ4n) is 4.92. The first-order valence-corrected chi connectivity index (χ1v) is 11.0. The number of hydrogen-bond donors (Lipinski definition) is 2. The van der Waals surface area contributed by atoms with Gasteiger partial charge in [0.2, 0.25) is 0 Å². The highest BCUT2D eigenvalue weighted by Crippen LogP contribution is 2.39. The second kappa shape index (κ2) is 8.23. The highest BCUT2D eigenvalue weighted by Gasteiger charge is 2.37. The van der Waals surface area contributed by atoms with E-state index in [-0.39, 0.29) is 23.3 Å². The maximum Gasteiger partial charge on any atom is 0.416 e. The number of H-pyrrole nitrogens is 1. The Morgan fingerprint density at radius 2 is 1.91 bits per heavy atom. The van der Waals surface area contributed by atoms with E-state index in [1.165, 1.54) is 24.8 Å². The minimum Gasteiger partial charge on any atom is -0.338 e. The molecular weight excluding hydrogens is 433 g/mol. The number of anilines is 2. The zero-order valence-corrected chi connectivity index (χ0v) is 17.8. The number of fused-ring (bicyclic) bond motifs is 1. The van der Waals surface area contributed by atoms with Crippen LogP contribution < -0.4 is 10.9 Å². The third-order valence-electron chi connectivity index (χ3n) is 6.78. The van der Waals surface area contributed by atoms with Gasteiger partial charge in [-0.15, -0.1) is 0 Å². The summed E-state index contributed by atoms with van der Waals surface area (Å²) < 4.78 is 40.4. The van der Waals surface area contributed by atoms with Crippen molar-refractivity contribution in [2.45, 2.75) is 43.9 Å². The summed E-state index contributed by atoms with van der Waals surface area (Å²) >= 11 is 0. The average Bonchev–Trinajstić information content (AvgIpc) is 3.11. The van der Waals surface area contributed by atoms with Crippen molar-refractivity contribution in [1.29, 1.82) is 5.26 Å². The van der Waals surface area contributed by atoms with Crippen molar-refractivity contribution in [2.24, 2.45) is 5.92 Å². The lowest BCUT2D eigenvalue weighted by molar-refractivity contribution is -0.137. The van der Waals surface area contributed by atoms with Crippen LogP contribution in [0.1, 0.15) is 37.3 Å². The lowest BCUT2D eigenvalue weighted by atomic mass is 9.81. The molecule has 1 aromatic carbocycles. The first kappa shape index (κ1) is 21.5. The summed E-state index contributed by atoms with van der Waals surface area (Å²) in [6, 6.07) is 8.98. The summed E-state index contributed by atoms with van der Waals surface area (Å²) in [5.74, 6) is 0.0128. The van der Waals surface area contributed by atoms with Crippen molar-refractivity contribution in [1.82, 2.24) is 19.7 Å². The Bertz CT molecular complexity index is 1250. The van der Waals surface area contributed by atoms with E-state index in [4.69, 9.17) is 0 Å². The number of alkyl halides is 3. The van der Waals surface area contributed by atoms with Crippen LogP contribution in [0.3, 0.4) is 0 Å². The molecule has 1 aliphatic heterocycles. The lowest BCUT2D eigenvalue weighted by Crippen LogP contribution is -2.48. The van der Waals surface area contributed by atoms with E-state index in [1.807, 2.05) is 0 Å². The molecule has 1 saturated carbocycles. The minimum atomic E-state index is -4.43. The quantitative estimate of drug-likeness (QED) is 0.607. The number of hydrogen-bond acceptors (Lipinski definition) is 5. The first-order chi connectivity index (χ1) is 15.8. The van der Waals surface area contributed by atoms with Crippen LogP contribution in [0.15, 0.2) is 41.3 Å². The van der Waals surface area contributed by atoms with E-state index in [2.05, 4.69) is 26.4 Å². The Kier molecular flexibility index (Phi) is 5.37. The maximum absolute atomic E-state index is 12.9.